The zero-order valence-electron chi connectivity index (χ0n) is 18.8. The maximum atomic E-state index is 6.14. The molecule has 0 spiro atoms. The Balaban J connectivity index is 0.00000289. The van der Waals surface area contributed by atoms with E-state index < -0.39 is 13.0 Å². The van der Waals surface area contributed by atoms with Gasteiger partial charge in [-0.15, -0.1) is 0 Å². The van der Waals surface area contributed by atoms with Crippen LogP contribution in [0.3, 0.4) is 0 Å². The molecule has 1 atom stereocenters. The Labute approximate surface area is 214 Å². The first-order valence-electron chi connectivity index (χ1n) is 11.1. The molecular formula is C27H32IO2PS. The molecular weight excluding hydrogens is 546 g/mol. The number of rotatable bonds is 9. The van der Waals surface area contributed by atoms with Crippen molar-refractivity contribution >= 4 is 34.9 Å². The number of hydrogen-bond acceptors (Lipinski definition) is 3. The molecule has 0 bridgehead atoms. The highest BCUT2D eigenvalue weighted by Crippen LogP contribution is 2.62. The average Bonchev–Trinajstić information content (AvgIpc) is 3.26. The lowest BCUT2D eigenvalue weighted by Gasteiger charge is -2.37. The summed E-state index contributed by atoms with van der Waals surface area (Å²) < 4.78 is 12.3. The van der Waals surface area contributed by atoms with Crippen LogP contribution in [0, 0.1) is 0 Å². The third-order valence-corrected chi connectivity index (χ3v) is 12.1. The molecule has 0 aromatic heterocycles. The Kier molecular flexibility index (Phi) is 9.63. The molecule has 0 N–H and O–H groups in total. The highest BCUT2D eigenvalue weighted by molar-refractivity contribution is 8.01. The van der Waals surface area contributed by atoms with Gasteiger partial charge in [0, 0.05) is 12.2 Å². The van der Waals surface area contributed by atoms with Crippen LogP contribution in [-0.4, -0.2) is 36.2 Å². The van der Waals surface area contributed by atoms with Gasteiger partial charge in [0.2, 0.25) is 0 Å². The normalized spacial score (nSPS) is 16.3. The summed E-state index contributed by atoms with van der Waals surface area (Å²) in [4.78, 5) is 0. The van der Waals surface area contributed by atoms with Gasteiger partial charge < -0.3 is 33.5 Å². The molecule has 170 valence electrons. The molecule has 4 rings (SSSR count). The maximum Gasteiger partial charge on any atom is 0.169 e. The molecule has 2 nitrogen and oxygen atoms in total. The van der Waals surface area contributed by atoms with E-state index in [1.807, 2.05) is 11.8 Å². The van der Waals surface area contributed by atoms with Crippen LogP contribution in [0.4, 0.5) is 0 Å². The van der Waals surface area contributed by atoms with Gasteiger partial charge in [-0.1, -0.05) is 61.5 Å². The number of thioether (sulfide) groups is 1. The van der Waals surface area contributed by atoms with E-state index in [1.54, 1.807) is 0 Å². The average molecular weight is 578 g/mol. The lowest BCUT2D eigenvalue weighted by molar-refractivity contribution is -0.145. The molecule has 1 aliphatic heterocycles. The predicted molar refractivity (Wildman–Crippen MR) is 137 cm³/mol. The molecule has 5 heteroatoms. The van der Waals surface area contributed by atoms with Crippen LogP contribution >= 0.6 is 19.0 Å². The van der Waals surface area contributed by atoms with Crippen LogP contribution in [0.25, 0.3) is 0 Å². The first kappa shape index (κ1) is 25.7. The molecule has 3 aromatic rings. The van der Waals surface area contributed by atoms with E-state index in [4.69, 9.17) is 9.47 Å². The quantitative estimate of drug-likeness (QED) is 0.287. The van der Waals surface area contributed by atoms with Crippen LogP contribution in [0.2, 0.25) is 0 Å². The van der Waals surface area contributed by atoms with Crippen molar-refractivity contribution in [2.24, 2.45) is 0 Å². The number of benzene rings is 3. The minimum absolute atomic E-state index is 0. The summed E-state index contributed by atoms with van der Waals surface area (Å²) in [6.07, 6.45) is 0.881. The Morgan fingerprint density at radius 2 is 1.19 bits per heavy atom. The van der Waals surface area contributed by atoms with Crippen molar-refractivity contribution in [2.45, 2.75) is 31.7 Å². The fraction of sp³-hybridized carbons (Fsp3) is 0.333. The summed E-state index contributed by atoms with van der Waals surface area (Å²) in [7, 11) is -1.97. The van der Waals surface area contributed by atoms with Crippen molar-refractivity contribution in [1.29, 1.82) is 0 Å². The van der Waals surface area contributed by atoms with Gasteiger partial charge in [-0.3, -0.25) is 0 Å². The SMILES string of the molecule is CCSCC(CC1(C)OCCO1)[P+](c1ccccc1)(c1ccccc1)c1ccccc1.[I-]. The molecule has 1 heterocycles. The zero-order valence-corrected chi connectivity index (χ0v) is 22.7. The van der Waals surface area contributed by atoms with Gasteiger partial charge in [-0.2, -0.15) is 11.8 Å². The topological polar surface area (TPSA) is 18.5 Å². The maximum absolute atomic E-state index is 6.14. The first-order valence-corrected chi connectivity index (χ1v) is 14.1. The first-order chi connectivity index (χ1) is 15.2. The number of halogens is 1. The molecule has 0 aliphatic carbocycles. The smallest absolute Gasteiger partial charge is 0.169 e. The van der Waals surface area contributed by atoms with Gasteiger partial charge in [-0.05, 0) is 49.1 Å². The van der Waals surface area contributed by atoms with E-state index in [1.165, 1.54) is 15.9 Å². The molecule has 32 heavy (non-hydrogen) atoms. The minimum atomic E-state index is -1.97. The minimum Gasteiger partial charge on any atom is -1.00 e. The molecule has 1 fully saturated rings. The highest BCUT2D eigenvalue weighted by atomic mass is 127. The summed E-state index contributed by atoms with van der Waals surface area (Å²) in [5.41, 5.74) is 0.396. The van der Waals surface area contributed by atoms with Crippen molar-refractivity contribution in [3.63, 3.8) is 0 Å². The lowest BCUT2D eigenvalue weighted by Crippen LogP contribution is -3.00. The largest absolute Gasteiger partial charge is 1.00 e. The zero-order chi connectivity index (χ0) is 21.6. The van der Waals surface area contributed by atoms with Gasteiger partial charge >= 0.3 is 0 Å². The highest BCUT2D eigenvalue weighted by Gasteiger charge is 2.54. The van der Waals surface area contributed by atoms with E-state index in [0.29, 0.717) is 18.9 Å². The molecule has 1 saturated heterocycles. The summed E-state index contributed by atoms with van der Waals surface area (Å²) in [5.74, 6) is 1.65. The Morgan fingerprint density at radius 3 is 1.56 bits per heavy atom. The fourth-order valence-corrected chi connectivity index (χ4v) is 11.3. The van der Waals surface area contributed by atoms with Crippen LogP contribution < -0.4 is 39.9 Å². The summed E-state index contributed by atoms with van der Waals surface area (Å²) in [5, 5.41) is 4.28. The monoisotopic (exact) mass is 578 g/mol. The fourth-order valence-electron chi connectivity index (χ4n) is 4.73. The van der Waals surface area contributed by atoms with Gasteiger partial charge in [0.15, 0.2) is 5.79 Å². The van der Waals surface area contributed by atoms with Crippen LogP contribution in [0.5, 0.6) is 0 Å². The molecule has 3 aromatic carbocycles. The van der Waals surface area contributed by atoms with Crippen molar-refractivity contribution in [3.05, 3.63) is 91.0 Å². The lowest BCUT2D eigenvalue weighted by atomic mass is 10.2. The van der Waals surface area contributed by atoms with Crippen LogP contribution in [0.1, 0.15) is 20.3 Å². The molecule has 1 unspecified atom stereocenters. The van der Waals surface area contributed by atoms with Crippen molar-refractivity contribution in [1.82, 2.24) is 0 Å². The van der Waals surface area contributed by atoms with Gasteiger partial charge in [0.1, 0.15) is 23.2 Å². The Bertz CT molecular complexity index is 837. The standard InChI is InChI=1S/C27H32O2PS.HI/c1-3-31-22-26(21-27(2)28-19-20-29-27)30(23-13-7-4-8-14-23,24-15-9-5-10-16-24)25-17-11-6-12-18-25;/h4-18,26H,3,19-22H2,1-2H3;1H/q+1;/p-1. The van der Waals surface area contributed by atoms with Gasteiger partial charge in [0.05, 0.1) is 18.9 Å². The van der Waals surface area contributed by atoms with Crippen LogP contribution in [0.15, 0.2) is 91.0 Å². The third-order valence-electron chi connectivity index (χ3n) is 6.06. The molecule has 0 saturated carbocycles. The van der Waals surface area contributed by atoms with Gasteiger partial charge in [-0.25, -0.2) is 0 Å². The number of ether oxygens (including phenoxy) is 2. The van der Waals surface area contributed by atoms with Crippen LogP contribution in [-0.2, 0) is 9.47 Å². The van der Waals surface area contributed by atoms with E-state index >= 15 is 0 Å². The van der Waals surface area contributed by atoms with E-state index in [2.05, 4.69) is 105 Å². The van der Waals surface area contributed by atoms with Crippen molar-refractivity contribution in [2.75, 3.05) is 24.7 Å². The second-order valence-corrected chi connectivity index (χ2v) is 13.1. The van der Waals surface area contributed by atoms with E-state index in [0.717, 1.165) is 17.9 Å². The van der Waals surface area contributed by atoms with Crippen molar-refractivity contribution < 1.29 is 33.5 Å². The molecule has 1 aliphatic rings. The van der Waals surface area contributed by atoms with E-state index in [9.17, 15) is 0 Å². The second kappa shape index (κ2) is 12.0. The van der Waals surface area contributed by atoms with Crippen molar-refractivity contribution in [3.8, 4) is 0 Å². The predicted octanol–water partition coefficient (Wildman–Crippen LogP) is 2.26. The molecule has 0 radical (unpaired) electrons. The Morgan fingerprint density at radius 1 is 0.781 bits per heavy atom. The van der Waals surface area contributed by atoms with Gasteiger partial charge in [0.25, 0.3) is 0 Å². The Hall–Kier alpha value is -0.910. The summed E-state index contributed by atoms with van der Waals surface area (Å²) >= 11 is 2.03. The molecule has 0 amide bonds. The second-order valence-electron chi connectivity index (χ2n) is 8.08. The third kappa shape index (κ3) is 5.42. The number of hydrogen-bond donors (Lipinski definition) is 0. The summed E-state index contributed by atoms with van der Waals surface area (Å²) in [6.45, 7) is 5.73. The summed E-state index contributed by atoms with van der Waals surface area (Å²) in [6, 6.07) is 33.4. The van der Waals surface area contributed by atoms with E-state index in [-0.39, 0.29) is 24.0 Å².